The summed E-state index contributed by atoms with van der Waals surface area (Å²) in [6.45, 7) is 3.02. The minimum Gasteiger partial charge on any atom is -0.350 e. The van der Waals surface area contributed by atoms with Gasteiger partial charge in [0.05, 0.1) is 21.5 Å². The van der Waals surface area contributed by atoms with Gasteiger partial charge in [0.15, 0.2) is 5.78 Å². The summed E-state index contributed by atoms with van der Waals surface area (Å²) in [5.74, 6) is -2.01. The third kappa shape index (κ3) is 5.35. The molecule has 8 nitrogen and oxygen atoms in total. The Bertz CT molecular complexity index is 1520. The van der Waals surface area contributed by atoms with E-state index in [1.54, 1.807) is 23.6 Å². The van der Waals surface area contributed by atoms with Gasteiger partial charge in [-0.1, -0.05) is 36.2 Å². The van der Waals surface area contributed by atoms with Crippen molar-refractivity contribution in [2.24, 2.45) is 0 Å². The van der Waals surface area contributed by atoms with Gasteiger partial charge in [-0.05, 0) is 44.0 Å². The molecule has 0 aliphatic heterocycles. The van der Waals surface area contributed by atoms with Gasteiger partial charge >= 0.3 is 0 Å². The van der Waals surface area contributed by atoms with E-state index in [4.69, 9.17) is 11.6 Å². The minimum absolute atomic E-state index is 0.0118. The van der Waals surface area contributed by atoms with E-state index in [2.05, 4.69) is 10.0 Å². The van der Waals surface area contributed by atoms with E-state index >= 15 is 0 Å². The molecule has 1 amide bonds. The summed E-state index contributed by atoms with van der Waals surface area (Å²) in [5.41, 5.74) is 0.376. The normalized spacial score (nSPS) is 14.6. The molecule has 1 fully saturated rings. The Morgan fingerprint density at radius 1 is 1.19 bits per heavy atom. The lowest BCUT2D eigenvalue weighted by molar-refractivity contribution is -0.120. The van der Waals surface area contributed by atoms with Crippen LogP contribution in [0, 0.1) is 12.7 Å². The number of amides is 1. The van der Waals surface area contributed by atoms with Gasteiger partial charge in [-0.3, -0.25) is 14.4 Å². The fourth-order valence-corrected chi connectivity index (χ4v) is 5.27. The number of fused-ring (bicyclic) bond motifs is 1. The van der Waals surface area contributed by atoms with E-state index < -0.39 is 39.0 Å². The average molecular weight is 534 g/mol. The number of carbonyl (C=O) groups excluding carboxylic acids is 2. The van der Waals surface area contributed by atoms with Crippen molar-refractivity contribution >= 4 is 44.2 Å². The number of hydrogen-bond acceptors (Lipinski definition) is 5. The molecule has 1 aliphatic rings. The quantitative estimate of drug-likeness (QED) is 0.437. The molecule has 36 heavy (non-hydrogen) atoms. The average Bonchev–Trinajstić information content (AvgIpc) is 3.68. The number of halogens is 2. The van der Waals surface area contributed by atoms with Crippen LogP contribution >= 0.6 is 11.6 Å². The number of aryl methyl sites for hydroxylation is 1. The van der Waals surface area contributed by atoms with Crippen LogP contribution in [0.15, 0.2) is 52.3 Å². The molecule has 1 heterocycles. The molecule has 0 spiro atoms. The first-order valence-electron chi connectivity index (χ1n) is 11.5. The molecule has 11 heteroatoms. The third-order valence-corrected chi connectivity index (χ3v) is 7.87. The molecule has 1 aromatic heterocycles. The Balaban J connectivity index is 1.60. The molecule has 1 saturated carbocycles. The highest BCUT2D eigenvalue weighted by Gasteiger charge is 2.29. The van der Waals surface area contributed by atoms with Crippen LogP contribution in [-0.2, 0) is 14.8 Å². The van der Waals surface area contributed by atoms with Crippen LogP contribution in [0.4, 0.5) is 4.39 Å². The second-order valence-electron chi connectivity index (χ2n) is 8.81. The van der Waals surface area contributed by atoms with Gasteiger partial charge in [0.25, 0.3) is 5.91 Å². The maximum absolute atomic E-state index is 14.1. The van der Waals surface area contributed by atoms with Crippen molar-refractivity contribution in [2.45, 2.75) is 50.1 Å². The zero-order chi connectivity index (χ0) is 26.2. The number of hydrogen-bond donors (Lipinski definition) is 2. The highest BCUT2D eigenvalue weighted by Crippen LogP contribution is 2.37. The molecule has 4 rings (SSSR count). The Morgan fingerprint density at radius 3 is 2.47 bits per heavy atom. The number of aromatic nitrogens is 1. The molecule has 3 aromatic rings. The van der Waals surface area contributed by atoms with E-state index in [1.807, 2.05) is 6.92 Å². The Labute approximate surface area is 212 Å². The highest BCUT2D eigenvalue weighted by atomic mass is 35.5. The van der Waals surface area contributed by atoms with Crippen LogP contribution in [0.1, 0.15) is 48.1 Å². The van der Waals surface area contributed by atoms with E-state index in [0.29, 0.717) is 5.52 Å². The summed E-state index contributed by atoms with van der Waals surface area (Å²) in [6, 6.07) is 7.29. The van der Waals surface area contributed by atoms with Crippen LogP contribution in [0.2, 0.25) is 5.02 Å². The SMILES string of the molecule is CCC(=O)C(CNC(=O)c1cn(C2CC2)c2cc(Cl)c(F)cc2c1=O)NS(=O)(=O)c1ccc(C)cc1. The highest BCUT2D eigenvalue weighted by molar-refractivity contribution is 7.89. The second-order valence-corrected chi connectivity index (χ2v) is 10.9. The topological polar surface area (TPSA) is 114 Å². The van der Waals surface area contributed by atoms with Crippen LogP contribution in [0.25, 0.3) is 10.9 Å². The van der Waals surface area contributed by atoms with Crippen molar-refractivity contribution in [1.82, 2.24) is 14.6 Å². The molecule has 1 aliphatic carbocycles. The number of ketones is 1. The summed E-state index contributed by atoms with van der Waals surface area (Å²) >= 11 is 5.91. The van der Waals surface area contributed by atoms with Gasteiger partial charge < -0.3 is 9.88 Å². The Kier molecular flexibility index (Phi) is 7.31. The summed E-state index contributed by atoms with van der Waals surface area (Å²) in [7, 11) is -4.04. The lowest BCUT2D eigenvalue weighted by atomic mass is 10.1. The molecule has 190 valence electrons. The van der Waals surface area contributed by atoms with Crippen LogP contribution in [0.3, 0.4) is 0 Å². The van der Waals surface area contributed by atoms with Crippen LogP contribution < -0.4 is 15.5 Å². The summed E-state index contributed by atoms with van der Waals surface area (Å²) in [5, 5.41) is 2.38. The van der Waals surface area contributed by atoms with Crippen molar-refractivity contribution in [2.75, 3.05) is 6.54 Å². The largest absolute Gasteiger partial charge is 0.350 e. The first-order valence-corrected chi connectivity index (χ1v) is 13.3. The van der Waals surface area contributed by atoms with Crippen LogP contribution in [0.5, 0.6) is 0 Å². The first kappa shape index (κ1) is 26.0. The lowest BCUT2D eigenvalue weighted by Crippen LogP contribution is -2.48. The number of sulfonamides is 1. The van der Waals surface area contributed by atoms with E-state index in [9.17, 15) is 27.2 Å². The molecule has 1 unspecified atom stereocenters. The summed E-state index contributed by atoms with van der Waals surface area (Å²) in [6.07, 6.45) is 3.10. The number of nitrogens with one attached hydrogen (secondary N) is 2. The van der Waals surface area contributed by atoms with Gasteiger partial charge in [-0.15, -0.1) is 0 Å². The van der Waals surface area contributed by atoms with Crippen molar-refractivity contribution in [1.29, 1.82) is 0 Å². The molecule has 2 aromatic carbocycles. The van der Waals surface area contributed by atoms with E-state index in [-0.39, 0.29) is 39.9 Å². The second kappa shape index (κ2) is 10.1. The predicted molar refractivity (Wildman–Crippen MR) is 134 cm³/mol. The van der Waals surface area contributed by atoms with Crippen molar-refractivity contribution in [3.8, 4) is 0 Å². The van der Waals surface area contributed by atoms with Gasteiger partial charge in [-0.25, -0.2) is 12.8 Å². The molecule has 2 N–H and O–H groups in total. The standard InChI is InChI=1S/C25H25ClFN3O5S/c1-3-23(31)21(29-36(34,35)16-8-4-14(2)5-9-16)12-28-25(33)18-13-30(15-6-7-15)22-11-19(26)20(27)10-17(22)24(18)32/h4-5,8-11,13,15,21,29H,3,6-7,12H2,1-2H3,(H,28,33). The van der Waals surface area contributed by atoms with Crippen LogP contribution in [-0.4, -0.2) is 37.3 Å². The number of pyridine rings is 1. The van der Waals surface area contributed by atoms with E-state index in [0.717, 1.165) is 24.5 Å². The minimum atomic E-state index is -4.04. The molecular weight excluding hydrogens is 509 g/mol. The Morgan fingerprint density at radius 2 is 1.86 bits per heavy atom. The van der Waals surface area contributed by atoms with Gasteiger partial charge in [-0.2, -0.15) is 4.72 Å². The van der Waals surface area contributed by atoms with Gasteiger partial charge in [0, 0.05) is 30.6 Å². The maximum atomic E-state index is 14.1. The van der Waals surface area contributed by atoms with E-state index in [1.165, 1.54) is 24.4 Å². The van der Waals surface area contributed by atoms with Gasteiger partial charge in [0.2, 0.25) is 15.5 Å². The number of carbonyl (C=O) groups is 2. The molecule has 1 atom stereocenters. The number of benzene rings is 2. The number of nitrogens with zero attached hydrogens (tertiary/aromatic N) is 1. The first-order chi connectivity index (χ1) is 17.0. The lowest BCUT2D eigenvalue weighted by Gasteiger charge is -2.18. The zero-order valence-electron chi connectivity index (χ0n) is 19.7. The fraction of sp³-hybridized carbons (Fsp3) is 0.320. The molecule has 0 saturated heterocycles. The number of Topliss-reactive ketones (excluding diaryl/α,β-unsaturated/α-hetero) is 1. The van der Waals surface area contributed by atoms with Crippen molar-refractivity contribution in [3.63, 3.8) is 0 Å². The number of rotatable bonds is 9. The molecule has 0 bridgehead atoms. The van der Waals surface area contributed by atoms with Gasteiger partial charge in [0.1, 0.15) is 11.4 Å². The summed E-state index contributed by atoms with van der Waals surface area (Å²) in [4.78, 5) is 38.5. The third-order valence-electron chi connectivity index (χ3n) is 6.09. The van der Waals surface area contributed by atoms with Crippen molar-refractivity contribution in [3.05, 3.63) is 74.8 Å². The van der Waals surface area contributed by atoms with Crippen molar-refractivity contribution < 1.29 is 22.4 Å². The Hall–Kier alpha value is -3.08. The molecular formula is C25H25ClFN3O5S. The zero-order valence-corrected chi connectivity index (χ0v) is 21.2. The fourth-order valence-electron chi connectivity index (χ4n) is 3.89. The monoisotopic (exact) mass is 533 g/mol. The smallest absolute Gasteiger partial charge is 0.256 e. The predicted octanol–water partition coefficient (Wildman–Crippen LogP) is 3.49. The maximum Gasteiger partial charge on any atom is 0.256 e. The molecule has 0 radical (unpaired) electrons. The summed E-state index contributed by atoms with van der Waals surface area (Å²) < 4.78 is 43.8.